The third-order valence-electron chi connectivity index (χ3n) is 3.46. The van der Waals surface area contributed by atoms with Crippen LogP contribution < -0.4 is 4.74 Å². The average molecular weight is 338 g/mol. The van der Waals surface area contributed by atoms with Crippen molar-refractivity contribution in [1.29, 1.82) is 0 Å². The Morgan fingerprint density at radius 3 is 2.08 bits per heavy atom. The second kappa shape index (κ2) is 8.59. The predicted octanol–water partition coefficient (Wildman–Crippen LogP) is 3.68. The van der Waals surface area contributed by atoms with Gasteiger partial charge < -0.3 is 9.47 Å². The first kappa shape index (κ1) is 18.1. The molecular formula is C20H18O5. The molecule has 2 rings (SSSR count). The fourth-order valence-corrected chi connectivity index (χ4v) is 2.08. The van der Waals surface area contributed by atoms with Crippen LogP contribution in [0.1, 0.15) is 39.6 Å². The Labute approximate surface area is 145 Å². The van der Waals surface area contributed by atoms with E-state index in [1.54, 1.807) is 61.5 Å². The lowest BCUT2D eigenvalue weighted by Crippen LogP contribution is -2.04. The van der Waals surface area contributed by atoms with Crippen LogP contribution in [0.2, 0.25) is 0 Å². The summed E-state index contributed by atoms with van der Waals surface area (Å²) in [7, 11) is 1.32. The molecule has 0 aliphatic carbocycles. The Balaban J connectivity index is 1.96. The van der Waals surface area contributed by atoms with Crippen LogP contribution in [0.15, 0.2) is 54.6 Å². The minimum Gasteiger partial charge on any atom is -0.465 e. The van der Waals surface area contributed by atoms with Crippen LogP contribution in [0, 0.1) is 0 Å². The first-order valence-electron chi connectivity index (χ1n) is 7.75. The van der Waals surface area contributed by atoms with E-state index in [1.165, 1.54) is 13.2 Å². The number of methoxy groups -OCH3 is 1. The van der Waals surface area contributed by atoms with E-state index in [0.717, 1.165) is 5.56 Å². The summed E-state index contributed by atoms with van der Waals surface area (Å²) in [5.41, 5.74) is 1.76. The van der Waals surface area contributed by atoms with Crippen LogP contribution in [0.5, 0.6) is 5.75 Å². The minimum absolute atomic E-state index is 0.0353. The third-order valence-corrected chi connectivity index (χ3v) is 3.46. The summed E-state index contributed by atoms with van der Waals surface area (Å²) in [6.07, 6.45) is 3.30. The zero-order valence-corrected chi connectivity index (χ0v) is 14.0. The molecule has 0 aromatic heterocycles. The van der Waals surface area contributed by atoms with Gasteiger partial charge in [0.15, 0.2) is 5.78 Å². The van der Waals surface area contributed by atoms with Crippen molar-refractivity contribution in [2.45, 2.75) is 13.3 Å². The molecule has 0 atom stereocenters. The summed E-state index contributed by atoms with van der Waals surface area (Å²) in [6, 6.07) is 13.0. The molecule has 0 radical (unpaired) electrons. The lowest BCUT2D eigenvalue weighted by molar-refractivity contribution is -0.128. The molecular weight excluding hydrogens is 320 g/mol. The molecule has 0 fully saturated rings. The molecule has 0 bridgehead atoms. The van der Waals surface area contributed by atoms with E-state index in [0.29, 0.717) is 23.3 Å². The van der Waals surface area contributed by atoms with E-state index in [4.69, 9.17) is 4.74 Å². The van der Waals surface area contributed by atoms with Gasteiger partial charge in [0.2, 0.25) is 0 Å². The summed E-state index contributed by atoms with van der Waals surface area (Å²) in [6.45, 7) is 1.79. The number of rotatable bonds is 6. The number of hydrogen-bond acceptors (Lipinski definition) is 5. The molecule has 0 heterocycles. The number of esters is 2. The molecule has 0 aliphatic heterocycles. The van der Waals surface area contributed by atoms with Gasteiger partial charge in [-0.1, -0.05) is 19.1 Å². The molecule has 5 nitrogen and oxygen atoms in total. The van der Waals surface area contributed by atoms with Crippen LogP contribution in [0.4, 0.5) is 0 Å². The maximum atomic E-state index is 11.8. The maximum Gasteiger partial charge on any atom is 0.337 e. The Morgan fingerprint density at radius 1 is 0.920 bits per heavy atom. The maximum absolute atomic E-state index is 11.8. The summed E-state index contributed by atoms with van der Waals surface area (Å²) in [4.78, 5) is 34.7. The SMILES string of the molecule is CCC(=O)c1ccc(OC(=O)/C=C/c2ccc(C(=O)OC)cc2)cc1. The molecule has 0 unspecified atom stereocenters. The summed E-state index contributed by atoms with van der Waals surface area (Å²) >= 11 is 0. The highest BCUT2D eigenvalue weighted by Gasteiger charge is 2.06. The van der Waals surface area contributed by atoms with Crippen molar-refractivity contribution in [2.24, 2.45) is 0 Å². The van der Waals surface area contributed by atoms with Crippen molar-refractivity contribution in [3.8, 4) is 5.75 Å². The highest BCUT2D eigenvalue weighted by molar-refractivity contribution is 5.96. The molecule has 0 amide bonds. The predicted molar refractivity (Wildman–Crippen MR) is 93.5 cm³/mol. The van der Waals surface area contributed by atoms with E-state index < -0.39 is 11.9 Å². The molecule has 0 N–H and O–H groups in total. The van der Waals surface area contributed by atoms with Crippen molar-refractivity contribution in [3.63, 3.8) is 0 Å². The van der Waals surface area contributed by atoms with Gasteiger partial charge >= 0.3 is 11.9 Å². The van der Waals surface area contributed by atoms with E-state index in [2.05, 4.69) is 4.74 Å². The Bertz CT molecular complexity index is 786. The summed E-state index contributed by atoms with van der Waals surface area (Å²) in [5.74, 6) is -0.553. The monoisotopic (exact) mass is 338 g/mol. The number of ether oxygens (including phenoxy) is 2. The molecule has 2 aromatic carbocycles. The quantitative estimate of drug-likeness (QED) is 0.348. The van der Waals surface area contributed by atoms with Gasteiger partial charge in [-0.15, -0.1) is 0 Å². The second-order valence-corrected chi connectivity index (χ2v) is 5.17. The first-order valence-corrected chi connectivity index (χ1v) is 7.75. The van der Waals surface area contributed by atoms with Gasteiger partial charge in [0.1, 0.15) is 5.75 Å². The lowest BCUT2D eigenvalue weighted by atomic mass is 10.1. The van der Waals surface area contributed by atoms with Gasteiger partial charge in [0.25, 0.3) is 0 Å². The third kappa shape index (κ3) is 5.14. The van der Waals surface area contributed by atoms with Crippen LogP contribution in [0.25, 0.3) is 6.08 Å². The van der Waals surface area contributed by atoms with Crippen molar-refractivity contribution < 1.29 is 23.9 Å². The van der Waals surface area contributed by atoms with Gasteiger partial charge in [-0.3, -0.25) is 4.79 Å². The van der Waals surface area contributed by atoms with E-state index >= 15 is 0 Å². The normalized spacial score (nSPS) is 10.5. The van der Waals surface area contributed by atoms with E-state index in [1.807, 2.05) is 0 Å². The molecule has 0 spiro atoms. The Morgan fingerprint density at radius 2 is 1.52 bits per heavy atom. The summed E-state index contributed by atoms with van der Waals surface area (Å²) in [5, 5.41) is 0. The van der Waals surface area contributed by atoms with Gasteiger partial charge in [-0.2, -0.15) is 0 Å². The van der Waals surface area contributed by atoms with Crippen LogP contribution in [-0.4, -0.2) is 24.8 Å². The Hall–Kier alpha value is -3.21. The molecule has 25 heavy (non-hydrogen) atoms. The lowest BCUT2D eigenvalue weighted by Gasteiger charge is -2.03. The van der Waals surface area contributed by atoms with Gasteiger partial charge in [0.05, 0.1) is 12.7 Å². The van der Waals surface area contributed by atoms with Crippen molar-refractivity contribution in [1.82, 2.24) is 0 Å². The van der Waals surface area contributed by atoms with Gasteiger partial charge in [-0.05, 0) is 48.0 Å². The van der Waals surface area contributed by atoms with Crippen LogP contribution >= 0.6 is 0 Å². The van der Waals surface area contributed by atoms with E-state index in [-0.39, 0.29) is 5.78 Å². The molecule has 128 valence electrons. The van der Waals surface area contributed by atoms with Crippen molar-refractivity contribution >= 4 is 23.8 Å². The first-order chi connectivity index (χ1) is 12.0. The number of benzene rings is 2. The van der Waals surface area contributed by atoms with Crippen molar-refractivity contribution in [3.05, 3.63) is 71.3 Å². The molecule has 0 saturated carbocycles. The van der Waals surface area contributed by atoms with Crippen molar-refractivity contribution in [2.75, 3.05) is 7.11 Å². The van der Waals surface area contributed by atoms with Gasteiger partial charge in [-0.25, -0.2) is 9.59 Å². The Kier molecular flexibility index (Phi) is 6.23. The van der Waals surface area contributed by atoms with E-state index in [9.17, 15) is 14.4 Å². The average Bonchev–Trinajstić information content (AvgIpc) is 2.66. The number of ketones is 1. The van der Waals surface area contributed by atoms with Crippen LogP contribution in [0.3, 0.4) is 0 Å². The second-order valence-electron chi connectivity index (χ2n) is 5.17. The number of Topliss-reactive ketones (excluding diaryl/α,β-unsaturated/α-hetero) is 1. The van der Waals surface area contributed by atoms with Crippen LogP contribution in [-0.2, 0) is 9.53 Å². The fraction of sp³-hybridized carbons (Fsp3) is 0.150. The number of carbonyl (C=O) groups excluding carboxylic acids is 3. The summed E-state index contributed by atoms with van der Waals surface area (Å²) < 4.78 is 9.79. The highest BCUT2D eigenvalue weighted by Crippen LogP contribution is 2.14. The topological polar surface area (TPSA) is 69.7 Å². The molecule has 0 saturated heterocycles. The zero-order valence-electron chi connectivity index (χ0n) is 14.0. The molecule has 5 heteroatoms. The molecule has 0 aliphatic rings. The highest BCUT2D eigenvalue weighted by atomic mass is 16.5. The number of hydrogen-bond donors (Lipinski definition) is 0. The molecule has 2 aromatic rings. The van der Waals surface area contributed by atoms with Gasteiger partial charge in [0, 0.05) is 18.1 Å². The minimum atomic E-state index is -0.536. The zero-order chi connectivity index (χ0) is 18.2. The standard InChI is InChI=1S/C20H18O5/c1-3-18(21)15-9-11-17(12-10-15)25-19(22)13-6-14-4-7-16(8-5-14)20(23)24-2/h4-13H,3H2,1-2H3/b13-6+. The smallest absolute Gasteiger partial charge is 0.337 e. The number of carbonyl (C=O) groups is 3. The largest absolute Gasteiger partial charge is 0.465 e. The fourth-order valence-electron chi connectivity index (χ4n) is 2.08.